The van der Waals surface area contributed by atoms with Gasteiger partial charge in [0, 0.05) is 23.5 Å². The molecule has 0 saturated carbocycles. The third-order valence-electron chi connectivity index (χ3n) is 2.70. The van der Waals surface area contributed by atoms with E-state index in [1.54, 1.807) is 17.5 Å². The Morgan fingerprint density at radius 3 is 2.89 bits per heavy atom. The lowest BCUT2D eigenvalue weighted by Gasteiger charge is -2.21. The molecule has 2 rings (SSSR count). The van der Waals surface area contributed by atoms with Crippen molar-refractivity contribution >= 4 is 40.4 Å². The van der Waals surface area contributed by atoms with Gasteiger partial charge < -0.3 is 4.90 Å². The summed E-state index contributed by atoms with van der Waals surface area (Å²) >= 11 is 13.6. The Balaban J connectivity index is 2.21. The highest BCUT2D eigenvalue weighted by Gasteiger charge is 2.10. The van der Waals surface area contributed by atoms with Crippen molar-refractivity contribution in [2.45, 2.75) is 19.3 Å². The fourth-order valence-corrected chi connectivity index (χ4v) is 2.87. The second-order valence-electron chi connectivity index (χ2n) is 3.86. The Morgan fingerprint density at radius 1 is 1.44 bits per heavy atom. The lowest BCUT2D eigenvalue weighted by Crippen LogP contribution is -2.22. The van der Waals surface area contributed by atoms with Gasteiger partial charge in [-0.1, -0.05) is 17.7 Å². The first kappa shape index (κ1) is 13.7. The largest absolute Gasteiger partial charge is 0.352 e. The molecular weight excluding hydrogens is 287 g/mol. The van der Waals surface area contributed by atoms with E-state index in [9.17, 15) is 0 Å². The van der Waals surface area contributed by atoms with Crippen molar-refractivity contribution in [3.63, 3.8) is 0 Å². The second kappa shape index (κ2) is 6.41. The van der Waals surface area contributed by atoms with Crippen molar-refractivity contribution in [1.29, 1.82) is 0 Å². The predicted octanol–water partition coefficient (Wildman–Crippen LogP) is 4.56. The molecule has 0 aromatic carbocycles. The van der Waals surface area contributed by atoms with Gasteiger partial charge in [0.25, 0.3) is 0 Å². The number of pyridine rings is 1. The number of hydrogen-bond acceptors (Lipinski definition) is 3. The van der Waals surface area contributed by atoms with Crippen LogP contribution < -0.4 is 4.90 Å². The zero-order chi connectivity index (χ0) is 13.0. The van der Waals surface area contributed by atoms with E-state index >= 15 is 0 Å². The molecule has 0 atom stereocenters. The summed E-state index contributed by atoms with van der Waals surface area (Å²) < 4.78 is 0. The van der Waals surface area contributed by atoms with Gasteiger partial charge >= 0.3 is 0 Å². The van der Waals surface area contributed by atoms with Crippen LogP contribution in [0.1, 0.15) is 17.4 Å². The first-order valence-electron chi connectivity index (χ1n) is 5.72. The van der Waals surface area contributed by atoms with Crippen LogP contribution in [0, 0.1) is 0 Å². The SMILES string of the molecule is CCN(Cc1cccs1)c1cc(CCl)c(Cl)cn1. The van der Waals surface area contributed by atoms with Crippen LogP contribution in [0.25, 0.3) is 0 Å². The van der Waals surface area contributed by atoms with Crippen LogP contribution >= 0.6 is 34.5 Å². The third kappa shape index (κ3) is 3.16. The van der Waals surface area contributed by atoms with E-state index in [1.807, 2.05) is 6.07 Å². The lowest BCUT2D eigenvalue weighted by atomic mass is 10.2. The minimum atomic E-state index is 0.408. The van der Waals surface area contributed by atoms with Gasteiger partial charge in [0.15, 0.2) is 0 Å². The van der Waals surface area contributed by atoms with Gasteiger partial charge in [0.1, 0.15) is 5.82 Å². The molecule has 0 unspecified atom stereocenters. The summed E-state index contributed by atoms with van der Waals surface area (Å²) in [5, 5.41) is 2.71. The molecule has 0 fully saturated rings. The maximum Gasteiger partial charge on any atom is 0.129 e. The summed E-state index contributed by atoms with van der Waals surface area (Å²) in [7, 11) is 0. The molecule has 0 aliphatic rings. The molecule has 96 valence electrons. The first-order chi connectivity index (χ1) is 8.74. The Morgan fingerprint density at radius 2 is 2.28 bits per heavy atom. The van der Waals surface area contributed by atoms with Crippen LogP contribution in [0.4, 0.5) is 5.82 Å². The molecule has 5 heteroatoms. The van der Waals surface area contributed by atoms with E-state index in [2.05, 4.69) is 34.3 Å². The molecule has 0 aliphatic heterocycles. The molecule has 2 aromatic rings. The Bertz CT molecular complexity index is 500. The predicted molar refractivity (Wildman–Crippen MR) is 79.8 cm³/mol. The maximum absolute atomic E-state index is 6.02. The molecule has 0 spiro atoms. The molecule has 2 aromatic heterocycles. The van der Waals surface area contributed by atoms with E-state index in [0.29, 0.717) is 10.9 Å². The first-order valence-corrected chi connectivity index (χ1v) is 7.51. The average Bonchev–Trinajstić information content (AvgIpc) is 2.89. The maximum atomic E-state index is 6.02. The van der Waals surface area contributed by atoms with Crippen LogP contribution in [-0.4, -0.2) is 11.5 Å². The van der Waals surface area contributed by atoms with E-state index < -0.39 is 0 Å². The fourth-order valence-electron chi connectivity index (χ4n) is 1.69. The van der Waals surface area contributed by atoms with Crippen LogP contribution in [0.3, 0.4) is 0 Å². The molecule has 2 nitrogen and oxygen atoms in total. The Labute approximate surface area is 121 Å². The zero-order valence-corrected chi connectivity index (χ0v) is 12.4. The van der Waals surface area contributed by atoms with Gasteiger partial charge in [-0.15, -0.1) is 22.9 Å². The highest BCUT2D eigenvalue weighted by Crippen LogP contribution is 2.23. The zero-order valence-electron chi connectivity index (χ0n) is 10.1. The monoisotopic (exact) mass is 300 g/mol. The van der Waals surface area contributed by atoms with Gasteiger partial charge in [0.2, 0.25) is 0 Å². The van der Waals surface area contributed by atoms with Gasteiger partial charge in [-0.3, -0.25) is 0 Å². The number of hydrogen-bond donors (Lipinski definition) is 0. The highest BCUT2D eigenvalue weighted by atomic mass is 35.5. The van der Waals surface area contributed by atoms with Crippen molar-refractivity contribution in [3.05, 3.63) is 45.2 Å². The molecule has 18 heavy (non-hydrogen) atoms. The normalized spacial score (nSPS) is 10.6. The Kier molecular flexibility index (Phi) is 4.87. The molecule has 0 N–H and O–H groups in total. The van der Waals surface area contributed by atoms with Gasteiger partial charge in [0.05, 0.1) is 11.6 Å². The van der Waals surface area contributed by atoms with Crippen molar-refractivity contribution in [3.8, 4) is 0 Å². The third-order valence-corrected chi connectivity index (χ3v) is 4.19. The summed E-state index contributed by atoms with van der Waals surface area (Å²) in [6.45, 7) is 3.88. The minimum Gasteiger partial charge on any atom is -0.352 e. The Hall–Kier alpha value is -0.770. The smallest absolute Gasteiger partial charge is 0.129 e. The number of rotatable bonds is 5. The van der Waals surface area contributed by atoms with E-state index in [-0.39, 0.29) is 0 Å². The molecule has 0 radical (unpaired) electrons. The number of anilines is 1. The van der Waals surface area contributed by atoms with E-state index in [1.165, 1.54) is 4.88 Å². The summed E-state index contributed by atoms with van der Waals surface area (Å²) in [4.78, 5) is 7.91. The molecule has 0 bridgehead atoms. The highest BCUT2D eigenvalue weighted by molar-refractivity contribution is 7.09. The average molecular weight is 301 g/mol. The van der Waals surface area contributed by atoms with Crippen LogP contribution in [0.15, 0.2) is 29.8 Å². The topological polar surface area (TPSA) is 16.1 Å². The van der Waals surface area contributed by atoms with E-state index in [0.717, 1.165) is 24.5 Å². The van der Waals surface area contributed by atoms with Crippen molar-refractivity contribution in [1.82, 2.24) is 4.98 Å². The summed E-state index contributed by atoms with van der Waals surface area (Å²) in [6, 6.07) is 6.16. The van der Waals surface area contributed by atoms with E-state index in [4.69, 9.17) is 23.2 Å². The summed E-state index contributed by atoms with van der Waals surface area (Å²) in [5.41, 5.74) is 0.924. The van der Waals surface area contributed by atoms with Gasteiger partial charge in [-0.05, 0) is 30.0 Å². The molecule has 2 heterocycles. The minimum absolute atomic E-state index is 0.408. The lowest BCUT2D eigenvalue weighted by molar-refractivity contribution is 0.822. The molecule has 0 saturated heterocycles. The summed E-state index contributed by atoms with van der Waals surface area (Å²) in [6.07, 6.45) is 1.67. The van der Waals surface area contributed by atoms with Gasteiger partial charge in [-0.2, -0.15) is 0 Å². The number of alkyl halides is 1. The second-order valence-corrected chi connectivity index (χ2v) is 5.57. The number of halogens is 2. The number of aromatic nitrogens is 1. The number of nitrogens with zero attached hydrogens (tertiary/aromatic N) is 2. The van der Waals surface area contributed by atoms with Crippen LogP contribution in [0.5, 0.6) is 0 Å². The quantitative estimate of drug-likeness (QED) is 0.752. The van der Waals surface area contributed by atoms with Crippen molar-refractivity contribution in [2.75, 3.05) is 11.4 Å². The standard InChI is InChI=1S/C13H14Cl2N2S/c1-2-17(9-11-4-3-5-18-11)13-6-10(7-14)12(15)8-16-13/h3-6,8H,2,7,9H2,1H3. The van der Waals surface area contributed by atoms with Crippen molar-refractivity contribution < 1.29 is 0 Å². The van der Waals surface area contributed by atoms with Crippen LogP contribution in [0.2, 0.25) is 5.02 Å². The van der Waals surface area contributed by atoms with Crippen molar-refractivity contribution in [2.24, 2.45) is 0 Å². The van der Waals surface area contributed by atoms with Gasteiger partial charge in [-0.25, -0.2) is 4.98 Å². The molecule has 0 aliphatic carbocycles. The van der Waals surface area contributed by atoms with Crippen LogP contribution in [-0.2, 0) is 12.4 Å². The molecule has 0 amide bonds. The molecular formula is C13H14Cl2N2S. The number of thiophene rings is 1. The fraction of sp³-hybridized carbons (Fsp3) is 0.308. The summed E-state index contributed by atoms with van der Waals surface area (Å²) in [5.74, 6) is 1.33.